The first-order valence-corrected chi connectivity index (χ1v) is 11.8. The second-order valence-corrected chi connectivity index (χ2v) is 9.42. The van der Waals surface area contributed by atoms with Crippen molar-refractivity contribution in [2.75, 3.05) is 32.7 Å². The molecule has 0 aliphatic carbocycles. The number of hydrogen-bond donors (Lipinski definition) is 0. The molecule has 1 amide bonds. The molecule has 5 nitrogen and oxygen atoms in total. The lowest BCUT2D eigenvalue weighted by atomic mass is 9.87. The van der Waals surface area contributed by atoms with E-state index in [2.05, 4.69) is 26.9 Å². The van der Waals surface area contributed by atoms with Gasteiger partial charge in [0.25, 0.3) is 5.91 Å². The molecule has 5 rings (SSSR count). The summed E-state index contributed by atoms with van der Waals surface area (Å²) in [7, 11) is 0. The van der Waals surface area contributed by atoms with Crippen molar-refractivity contribution >= 4 is 17.2 Å². The van der Waals surface area contributed by atoms with E-state index in [1.807, 2.05) is 17.0 Å². The van der Waals surface area contributed by atoms with E-state index in [1.165, 1.54) is 17.3 Å². The highest BCUT2D eigenvalue weighted by Gasteiger charge is 2.38. The third kappa shape index (κ3) is 4.43. The van der Waals surface area contributed by atoms with Crippen LogP contribution in [0.15, 0.2) is 57.9 Å². The van der Waals surface area contributed by atoms with Crippen LogP contribution >= 0.6 is 11.3 Å². The number of carbonyl (C=O) groups excluding carboxylic acids is 1. The monoisotopic (exact) mass is 439 g/mol. The number of amides is 1. The highest BCUT2D eigenvalue weighted by Crippen LogP contribution is 2.36. The van der Waals surface area contributed by atoms with Gasteiger partial charge in [-0.3, -0.25) is 4.79 Å². The largest absolute Gasteiger partial charge is 0.351 e. The minimum Gasteiger partial charge on any atom is -0.351 e. The first-order valence-electron chi connectivity index (χ1n) is 10.9. The molecule has 2 aliphatic heterocycles. The normalized spacial score (nSPS) is 22.8. The molecule has 0 radical (unpaired) electrons. The Morgan fingerprint density at radius 2 is 1.90 bits per heavy atom. The Bertz CT molecular complexity index is 983. The first kappa shape index (κ1) is 20.4. The summed E-state index contributed by atoms with van der Waals surface area (Å²) < 4.78 is 18.3. The molecule has 7 heteroatoms. The van der Waals surface area contributed by atoms with E-state index in [1.54, 1.807) is 29.5 Å². The quantitative estimate of drug-likeness (QED) is 0.583. The molecular formula is C24H26FN3O2S. The Morgan fingerprint density at radius 3 is 2.58 bits per heavy atom. The third-order valence-electron chi connectivity index (χ3n) is 6.77. The van der Waals surface area contributed by atoms with Crippen LogP contribution in [0.25, 0.3) is 0 Å². The average molecular weight is 440 g/mol. The molecule has 2 unspecified atom stereocenters. The Kier molecular flexibility index (Phi) is 5.87. The second-order valence-electron chi connectivity index (χ2n) is 8.64. The van der Waals surface area contributed by atoms with E-state index >= 15 is 0 Å². The van der Waals surface area contributed by atoms with Crippen molar-refractivity contribution in [2.24, 2.45) is 5.92 Å². The number of hydrogen-bond acceptors (Lipinski definition) is 5. The average Bonchev–Trinajstić information content (AvgIpc) is 3.56. The van der Waals surface area contributed by atoms with E-state index in [9.17, 15) is 9.18 Å². The maximum Gasteiger partial charge on any atom is 0.292 e. The summed E-state index contributed by atoms with van der Waals surface area (Å²) in [6.45, 7) is 4.50. The van der Waals surface area contributed by atoms with Crippen LogP contribution in [0.1, 0.15) is 46.4 Å². The number of thiophene rings is 1. The third-order valence-corrected chi connectivity index (χ3v) is 7.47. The molecule has 2 saturated heterocycles. The lowest BCUT2D eigenvalue weighted by Crippen LogP contribution is -2.38. The van der Waals surface area contributed by atoms with Gasteiger partial charge in [0, 0.05) is 31.6 Å². The number of halogens is 1. The molecule has 0 saturated carbocycles. The fourth-order valence-corrected chi connectivity index (χ4v) is 5.81. The van der Waals surface area contributed by atoms with Gasteiger partial charge in [-0.1, -0.05) is 17.3 Å². The fraction of sp³-hybridized carbons (Fsp3) is 0.417. The van der Waals surface area contributed by atoms with E-state index in [-0.39, 0.29) is 11.7 Å². The van der Waals surface area contributed by atoms with Gasteiger partial charge in [-0.05, 0) is 77.9 Å². The predicted octanol–water partition coefficient (Wildman–Crippen LogP) is 4.61. The molecule has 2 aromatic heterocycles. The molecule has 0 bridgehead atoms. The Morgan fingerprint density at radius 1 is 1.10 bits per heavy atom. The summed E-state index contributed by atoms with van der Waals surface area (Å²) in [5, 5.41) is 8.00. The van der Waals surface area contributed by atoms with Crippen molar-refractivity contribution in [1.82, 2.24) is 15.0 Å². The molecule has 3 aromatic rings. The molecule has 4 heterocycles. The smallest absolute Gasteiger partial charge is 0.292 e. The van der Waals surface area contributed by atoms with Crippen LogP contribution in [0.3, 0.4) is 0 Å². The molecule has 0 N–H and O–H groups in total. The zero-order chi connectivity index (χ0) is 21.2. The van der Waals surface area contributed by atoms with Gasteiger partial charge in [0.2, 0.25) is 5.76 Å². The van der Waals surface area contributed by atoms with Crippen LogP contribution < -0.4 is 0 Å². The molecule has 2 atom stereocenters. The highest BCUT2D eigenvalue weighted by molar-refractivity contribution is 7.08. The zero-order valence-electron chi connectivity index (χ0n) is 17.3. The molecule has 162 valence electrons. The van der Waals surface area contributed by atoms with Gasteiger partial charge >= 0.3 is 0 Å². The van der Waals surface area contributed by atoms with Crippen LogP contribution in [-0.2, 0) is 0 Å². The highest BCUT2D eigenvalue weighted by atomic mass is 32.1. The molecule has 2 fully saturated rings. The van der Waals surface area contributed by atoms with Gasteiger partial charge in [0.15, 0.2) is 0 Å². The number of carbonyl (C=O) groups is 1. The van der Waals surface area contributed by atoms with Crippen molar-refractivity contribution in [3.63, 3.8) is 0 Å². The maximum atomic E-state index is 13.2. The van der Waals surface area contributed by atoms with Crippen LogP contribution in [0, 0.1) is 11.7 Å². The topological polar surface area (TPSA) is 49.6 Å². The number of likely N-dealkylation sites (tertiary alicyclic amines) is 2. The minimum absolute atomic E-state index is 0.0738. The summed E-state index contributed by atoms with van der Waals surface area (Å²) >= 11 is 1.71. The summed E-state index contributed by atoms with van der Waals surface area (Å²) in [5.41, 5.74) is 2.56. The van der Waals surface area contributed by atoms with Gasteiger partial charge in [-0.2, -0.15) is 11.3 Å². The summed E-state index contributed by atoms with van der Waals surface area (Å²) in [6.07, 6.45) is 3.69. The van der Waals surface area contributed by atoms with Gasteiger partial charge < -0.3 is 14.3 Å². The SMILES string of the molecule is O=C(c1ccno1)N1CC(CN2CCC(c3ccc(F)cc3)CC2)C(c2ccsc2)C1. The van der Waals surface area contributed by atoms with Gasteiger partial charge in [0.05, 0.1) is 6.20 Å². The Labute approximate surface area is 185 Å². The lowest BCUT2D eigenvalue weighted by Gasteiger charge is -2.34. The van der Waals surface area contributed by atoms with E-state index < -0.39 is 0 Å². The zero-order valence-corrected chi connectivity index (χ0v) is 18.1. The molecule has 2 aliphatic rings. The maximum absolute atomic E-state index is 13.2. The molecule has 0 spiro atoms. The van der Waals surface area contributed by atoms with Crippen LogP contribution in [-0.4, -0.2) is 53.6 Å². The fourth-order valence-electron chi connectivity index (χ4n) is 5.08. The number of aromatic nitrogens is 1. The summed E-state index contributed by atoms with van der Waals surface area (Å²) in [4.78, 5) is 17.3. The summed E-state index contributed by atoms with van der Waals surface area (Å²) in [6, 6.07) is 10.8. The Hall–Kier alpha value is -2.51. The van der Waals surface area contributed by atoms with E-state index in [0.717, 1.165) is 39.0 Å². The lowest BCUT2D eigenvalue weighted by molar-refractivity contribution is 0.0740. The van der Waals surface area contributed by atoms with Gasteiger partial charge in [-0.25, -0.2) is 4.39 Å². The summed E-state index contributed by atoms with van der Waals surface area (Å²) in [5.74, 6) is 1.29. The predicted molar refractivity (Wildman–Crippen MR) is 118 cm³/mol. The van der Waals surface area contributed by atoms with E-state index in [0.29, 0.717) is 30.1 Å². The standard InChI is InChI=1S/C24H26FN3O2S/c25-21-3-1-17(2-4-21)18-6-10-27(11-7-18)13-20-14-28(24(29)23-5-9-26-30-23)15-22(20)19-8-12-31-16-19/h1-5,8-9,12,16,18,20,22H,6-7,10-11,13-15H2. The second kappa shape index (κ2) is 8.93. The number of rotatable bonds is 5. The Balaban J connectivity index is 1.24. The number of nitrogens with zero attached hydrogens (tertiary/aromatic N) is 3. The van der Waals surface area contributed by atoms with Crippen molar-refractivity contribution in [3.8, 4) is 0 Å². The van der Waals surface area contributed by atoms with Gasteiger partial charge in [0.1, 0.15) is 5.82 Å². The molecular weight excluding hydrogens is 413 g/mol. The van der Waals surface area contributed by atoms with Crippen molar-refractivity contribution in [2.45, 2.75) is 24.7 Å². The minimum atomic E-state index is -0.175. The van der Waals surface area contributed by atoms with Crippen molar-refractivity contribution in [3.05, 3.63) is 76.1 Å². The number of benzene rings is 1. The van der Waals surface area contributed by atoms with Crippen molar-refractivity contribution in [1.29, 1.82) is 0 Å². The van der Waals surface area contributed by atoms with Crippen LogP contribution in [0.2, 0.25) is 0 Å². The molecule has 1 aromatic carbocycles. The molecule has 31 heavy (non-hydrogen) atoms. The van der Waals surface area contributed by atoms with Crippen LogP contribution in [0.5, 0.6) is 0 Å². The van der Waals surface area contributed by atoms with E-state index in [4.69, 9.17) is 4.52 Å². The number of piperidine rings is 1. The first-order chi connectivity index (χ1) is 15.2. The van der Waals surface area contributed by atoms with Crippen LogP contribution in [0.4, 0.5) is 4.39 Å². The van der Waals surface area contributed by atoms with Crippen molar-refractivity contribution < 1.29 is 13.7 Å². The van der Waals surface area contributed by atoms with Gasteiger partial charge in [-0.15, -0.1) is 0 Å².